The first-order valence-corrected chi connectivity index (χ1v) is 6.69. The molecule has 0 fully saturated rings. The lowest BCUT2D eigenvalue weighted by Gasteiger charge is -2.22. The van der Waals surface area contributed by atoms with Crippen molar-refractivity contribution < 1.29 is 9.59 Å². The van der Waals surface area contributed by atoms with Gasteiger partial charge in [0.25, 0.3) is 11.8 Å². The zero-order valence-electron chi connectivity index (χ0n) is 11.2. The second kappa shape index (κ2) is 4.93. The van der Waals surface area contributed by atoms with Crippen LogP contribution < -0.4 is 0 Å². The fourth-order valence-electron chi connectivity index (χ4n) is 2.65. The van der Waals surface area contributed by atoms with Crippen LogP contribution in [0.5, 0.6) is 0 Å². The summed E-state index contributed by atoms with van der Waals surface area (Å²) in [7, 11) is 0. The molecule has 0 unspecified atom stereocenters. The molecule has 0 N–H and O–H groups in total. The van der Waals surface area contributed by atoms with Crippen molar-refractivity contribution in [2.75, 3.05) is 0 Å². The Labute approximate surface area is 117 Å². The number of fused-ring (bicyclic) bond motifs is 1. The number of hydrogen-bond acceptors (Lipinski definition) is 2. The Kier molecular flexibility index (Phi) is 3.11. The fourth-order valence-corrected chi connectivity index (χ4v) is 2.65. The van der Waals surface area contributed by atoms with E-state index in [2.05, 4.69) is 0 Å². The summed E-state index contributed by atoms with van der Waals surface area (Å²) < 4.78 is 0. The Morgan fingerprint density at radius 2 is 1.35 bits per heavy atom. The van der Waals surface area contributed by atoms with Gasteiger partial charge < -0.3 is 0 Å². The molecule has 0 spiro atoms. The smallest absolute Gasteiger partial charge is 0.261 e. The minimum absolute atomic E-state index is 0.148. The first-order chi connectivity index (χ1) is 9.68. The maximum Gasteiger partial charge on any atom is 0.261 e. The number of nitrogens with zero attached hydrogens (tertiary/aromatic N) is 1. The van der Waals surface area contributed by atoms with Gasteiger partial charge in [-0.05, 0) is 31.0 Å². The van der Waals surface area contributed by atoms with Gasteiger partial charge in [0.05, 0.1) is 11.1 Å². The molecule has 1 aliphatic rings. The molecule has 0 aromatic heterocycles. The van der Waals surface area contributed by atoms with Crippen LogP contribution in [0.4, 0.5) is 0 Å². The van der Waals surface area contributed by atoms with Crippen molar-refractivity contribution in [3.05, 3.63) is 71.3 Å². The quantitative estimate of drug-likeness (QED) is 0.800. The lowest BCUT2D eigenvalue weighted by molar-refractivity contribution is 0.0597. The Morgan fingerprint density at radius 3 is 1.90 bits per heavy atom. The van der Waals surface area contributed by atoms with Crippen LogP contribution in [0, 0.1) is 0 Å². The summed E-state index contributed by atoms with van der Waals surface area (Å²) in [6.07, 6.45) is 0.673. The third-order valence-electron chi connectivity index (χ3n) is 3.64. The van der Waals surface area contributed by atoms with Gasteiger partial charge in [-0.15, -0.1) is 0 Å². The topological polar surface area (TPSA) is 37.4 Å². The van der Waals surface area contributed by atoms with Gasteiger partial charge in [-0.25, -0.2) is 0 Å². The summed E-state index contributed by atoms with van der Waals surface area (Å²) in [5.74, 6) is -0.372. The van der Waals surface area contributed by atoms with Crippen LogP contribution in [0.2, 0.25) is 0 Å². The third kappa shape index (κ3) is 2.01. The summed E-state index contributed by atoms with van der Waals surface area (Å²) in [5.41, 5.74) is 2.14. The molecule has 3 rings (SSSR count). The maximum absolute atomic E-state index is 12.3. The molecule has 1 aliphatic heterocycles. The Morgan fingerprint density at radius 1 is 0.850 bits per heavy atom. The highest BCUT2D eigenvalue weighted by Crippen LogP contribution is 2.25. The van der Waals surface area contributed by atoms with Gasteiger partial charge in [-0.1, -0.05) is 42.5 Å². The molecule has 3 nitrogen and oxygen atoms in total. The van der Waals surface area contributed by atoms with Crippen LogP contribution in [-0.2, 0) is 6.42 Å². The SMILES string of the molecule is C[C@@H](Cc1ccccc1)N1C(=O)c2ccccc2C1=O. The second-order valence-corrected chi connectivity index (χ2v) is 5.06. The van der Waals surface area contributed by atoms with Gasteiger partial charge in [0, 0.05) is 6.04 Å². The number of carbonyl (C=O) groups is 2. The molecule has 1 atom stereocenters. The maximum atomic E-state index is 12.3. The van der Waals surface area contributed by atoms with E-state index in [-0.39, 0.29) is 17.9 Å². The van der Waals surface area contributed by atoms with Crippen LogP contribution in [0.1, 0.15) is 33.2 Å². The third-order valence-corrected chi connectivity index (χ3v) is 3.64. The zero-order valence-corrected chi connectivity index (χ0v) is 11.2. The van der Waals surface area contributed by atoms with E-state index in [9.17, 15) is 9.59 Å². The summed E-state index contributed by atoms with van der Waals surface area (Å²) in [5, 5.41) is 0. The van der Waals surface area contributed by atoms with Crippen molar-refractivity contribution in [2.45, 2.75) is 19.4 Å². The molecule has 2 amide bonds. The van der Waals surface area contributed by atoms with Crippen molar-refractivity contribution >= 4 is 11.8 Å². The number of hydrogen-bond donors (Lipinski definition) is 0. The predicted octanol–water partition coefficient (Wildman–Crippen LogP) is 2.91. The van der Waals surface area contributed by atoms with Crippen LogP contribution >= 0.6 is 0 Å². The van der Waals surface area contributed by atoms with Crippen LogP contribution in [0.3, 0.4) is 0 Å². The molecule has 1 heterocycles. The average Bonchev–Trinajstić information content (AvgIpc) is 2.72. The monoisotopic (exact) mass is 265 g/mol. The standard InChI is InChI=1S/C17H15NO2/c1-12(11-13-7-3-2-4-8-13)18-16(19)14-9-5-6-10-15(14)17(18)20/h2-10,12H,11H2,1H3/t12-/m0/s1. The molecule has 0 bridgehead atoms. The van der Waals surface area contributed by atoms with E-state index < -0.39 is 0 Å². The van der Waals surface area contributed by atoms with Gasteiger partial charge in [0.2, 0.25) is 0 Å². The van der Waals surface area contributed by atoms with E-state index in [1.807, 2.05) is 37.3 Å². The van der Waals surface area contributed by atoms with Gasteiger partial charge in [0.1, 0.15) is 0 Å². The van der Waals surface area contributed by atoms with Crippen LogP contribution in [-0.4, -0.2) is 22.8 Å². The minimum atomic E-state index is -0.186. The Hall–Kier alpha value is -2.42. The van der Waals surface area contributed by atoms with Gasteiger partial charge in [0.15, 0.2) is 0 Å². The number of amides is 2. The molecule has 0 saturated carbocycles. The summed E-state index contributed by atoms with van der Waals surface area (Å²) >= 11 is 0. The zero-order chi connectivity index (χ0) is 14.1. The molecule has 2 aromatic carbocycles. The lowest BCUT2D eigenvalue weighted by atomic mass is 10.1. The van der Waals surface area contributed by atoms with E-state index >= 15 is 0 Å². The lowest BCUT2D eigenvalue weighted by Crippen LogP contribution is -2.39. The van der Waals surface area contributed by atoms with Crippen molar-refractivity contribution in [3.63, 3.8) is 0 Å². The molecule has 100 valence electrons. The van der Waals surface area contributed by atoms with Crippen molar-refractivity contribution in [1.82, 2.24) is 4.90 Å². The first kappa shape index (κ1) is 12.6. The largest absolute Gasteiger partial charge is 0.271 e. The molecular formula is C17H15NO2. The fraction of sp³-hybridized carbons (Fsp3) is 0.176. The highest BCUT2D eigenvalue weighted by molar-refractivity contribution is 6.21. The number of benzene rings is 2. The summed E-state index contributed by atoms with van der Waals surface area (Å²) in [6, 6.07) is 16.7. The highest BCUT2D eigenvalue weighted by atomic mass is 16.2. The predicted molar refractivity (Wildman–Crippen MR) is 76.6 cm³/mol. The van der Waals surface area contributed by atoms with E-state index in [1.165, 1.54) is 4.90 Å². The Balaban J connectivity index is 1.85. The van der Waals surface area contributed by atoms with E-state index in [0.29, 0.717) is 17.5 Å². The number of carbonyl (C=O) groups excluding carboxylic acids is 2. The molecule has 2 aromatic rings. The van der Waals surface area contributed by atoms with Gasteiger partial charge in [-0.2, -0.15) is 0 Å². The van der Waals surface area contributed by atoms with Crippen molar-refractivity contribution in [2.24, 2.45) is 0 Å². The van der Waals surface area contributed by atoms with Gasteiger partial charge >= 0.3 is 0 Å². The molecular weight excluding hydrogens is 250 g/mol. The average molecular weight is 265 g/mol. The normalized spacial score (nSPS) is 15.3. The van der Waals surface area contributed by atoms with Crippen LogP contribution in [0.25, 0.3) is 0 Å². The number of imide groups is 1. The van der Waals surface area contributed by atoms with Crippen molar-refractivity contribution in [3.8, 4) is 0 Å². The highest BCUT2D eigenvalue weighted by Gasteiger charge is 2.37. The minimum Gasteiger partial charge on any atom is -0.271 e. The van der Waals surface area contributed by atoms with Gasteiger partial charge in [-0.3, -0.25) is 14.5 Å². The van der Waals surface area contributed by atoms with Crippen molar-refractivity contribution in [1.29, 1.82) is 0 Å². The van der Waals surface area contributed by atoms with Crippen LogP contribution in [0.15, 0.2) is 54.6 Å². The number of rotatable bonds is 3. The summed E-state index contributed by atoms with van der Waals surface area (Å²) in [6.45, 7) is 1.91. The molecule has 0 aliphatic carbocycles. The van der Waals surface area contributed by atoms with E-state index in [0.717, 1.165) is 5.56 Å². The molecule has 3 heteroatoms. The molecule has 20 heavy (non-hydrogen) atoms. The van der Waals surface area contributed by atoms with E-state index in [4.69, 9.17) is 0 Å². The first-order valence-electron chi connectivity index (χ1n) is 6.69. The Bertz CT molecular complexity index is 629. The van der Waals surface area contributed by atoms with E-state index in [1.54, 1.807) is 24.3 Å². The summed E-state index contributed by atoms with van der Waals surface area (Å²) in [4.78, 5) is 26.1. The second-order valence-electron chi connectivity index (χ2n) is 5.06. The molecule has 0 saturated heterocycles. The molecule has 0 radical (unpaired) electrons.